The van der Waals surface area contributed by atoms with Gasteiger partial charge in [-0.3, -0.25) is 0 Å². The van der Waals surface area contributed by atoms with Crippen molar-refractivity contribution < 1.29 is 39.5 Å². The molecule has 4 nitrogen and oxygen atoms in total. The molecule has 0 radical (unpaired) electrons. The van der Waals surface area contributed by atoms with Gasteiger partial charge in [-0.05, 0) is 24.3 Å². The van der Waals surface area contributed by atoms with Gasteiger partial charge in [0, 0.05) is 16.6 Å². The summed E-state index contributed by atoms with van der Waals surface area (Å²) in [5.74, 6) is -5.91. The highest BCUT2D eigenvalue weighted by atomic mass is 79.9. The van der Waals surface area contributed by atoms with Crippen LogP contribution in [0.15, 0.2) is 39.7 Å². The van der Waals surface area contributed by atoms with Gasteiger partial charge in [-0.25, -0.2) is 26.3 Å². The van der Waals surface area contributed by atoms with Crippen LogP contribution in [0.1, 0.15) is 5.56 Å². The van der Waals surface area contributed by atoms with Crippen molar-refractivity contribution in [2.75, 3.05) is 0 Å². The summed E-state index contributed by atoms with van der Waals surface area (Å²) in [5, 5.41) is 0. The third kappa shape index (κ3) is 4.89. The Kier molecular flexibility index (Phi) is 5.88. The number of ether oxygens (including phenoxy) is 1. The maximum absolute atomic E-state index is 13.6. The topological polar surface area (TPSA) is 55.4 Å². The Bertz CT molecular complexity index is 933. The van der Waals surface area contributed by atoms with Gasteiger partial charge >= 0.3 is 6.36 Å². The van der Waals surface area contributed by atoms with E-state index in [2.05, 4.69) is 20.7 Å². The first-order valence-corrected chi connectivity index (χ1v) is 8.85. The summed E-state index contributed by atoms with van der Waals surface area (Å²) >= 11 is 2.88. The molecule has 0 amide bonds. The summed E-state index contributed by atoms with van der Waals surface area (Å²) in [4.78, 5) is -0.874. The fraction of sp³-hybridized carbons (Fsp3) is 0.143. The molecule has 0 atom stereocenters. The first-order valence-electron chi connectivity index (χ1n) is 6.58. The number of rotatable bonds is 5. The Morgan fingerprint density at radius 3 is 2.31 bits per heavy atom. The van der Waals surface area contributed by atoms with Crippen LogP contribution in [0.5, 0.6) is 5.75 Å². The Hall–Kier alpha value is -1.79. The predicted molar refractivity (Wildman–Crippen MR) is 81.2 cm³/mol. The summed E-state index contributed by atoms with van der Waals surface area (Å²) in [6.45, 7) is -0.826. The van der Waals surface area contributed by atoms with E-state index in [0.29, 0.717) is 6.07 Å². The number of hydrogen-bond acceptors (Lipinski definition) is 3. The zero-order chi connectivity index (χ0) is 19.7. The molecule has 2 rings (SSSR count). The second-order valence-corrected chi connectivity index (χ2v) is 7.45. The van der Waals surface area contributed by atoms with Crippen molar-refractivity contribution in [3.63, 3.8) is 0 Å². The van der Waals surface area contributed by atoms with Crippen LogP contribution in [0.3, 0.4) is 0 Å². The molecule has 1 N–H and O–H groups in total. The number of hydrogen-bond donors (Lipinski definition) is 1. The molecule has 0 aliphatic heterocycles. The van der Waals surface area contributed by atoms with Crippen molar-refractivity contribution >= 4 is 26.0 Å². The van der Waals surface area contributed by atoms with Crippen molar-refractivity contribution in [3.05, 3.63) is 57.8 Å². The quantitative estimate of drug-likeness (QED) is 0.532. The molecule has 142 valence electrons. The lowest BCUT2D eigenvalue weighted by atomic mass is 10.2. The van der Waals surface area contributed by atoms with Gasteiger partial charge in [-0.1, -0.05) is 22.0 Å². The molecule has 0 bridgehead atoms. The van der Waals surface area contributed by atoms with Crippen LogP contribution >= 0.6 is 15.9 Å². The van der Waals surface area contributed by atoms with Crippen LogP contribution in [0, 0.1) is 17.5 Å². The Morgan fingerprint density at radius 1 is 1.04 bits per heavy atom. The molecule has 2 aromatic rings. The third-order valence-corrected chi connectivity index (χ3v) is 4.92. The van der Waals surface area contributed by atoms with Gasteiger partial charge in [-0.2, -0.15) is 0 Å². The van der Waals surface area contributed by atoms with Gasteiger partial charge in [0.2, 0.25) is 10.0 Å². The maximum atomic E-state index is 13.6. The molecule has 0 unspecified atom stereocenters. The lowest BCUT2D eigenvalue weighted by Gasteiger charge is -2.14. The molecule has 0 aliphatic carbocycles. The summed E-state index contributed by atoms with van der Waals surface area (Å²) < 4.78 is 107. The Labute approximate surface area is 152 Å². The highest BCUT2D eigenvalue weighted by Gasteiger charge is 2.34. The number of sulfonamides is 1. The van der Waals surface area contributed by atoms with E-state index in [1.54, 1.807) is 4.72 Å². The van der Waals surface area contributed by atoms with Gasteiger partial charge in [0.15, 0.2) is 23.2 Å². The van der Waals surface area contributed by atoms with Crippen LogP contribution in [-0.4, -0.2) is 14.8 Å². The Morgan fingerprint density at radius 2 is 1.69 bits per heavy atom. The first kappa shape index (κ1) is 20.5. The van der Waals surface area contributed by atoms with E-state index < -0.39 is 56.6 Å². The van der Waals surface area contributed by atoms with Crippen LogP contribution in [0.25, 0.3) is 0 Å². The van der Waals surface area contributed by atoms with Crippen LogP contribution in [0.2, 0.25) is 0 Å². The van der Waals surface area contributed by atoms with Gasteiger partial charge in [0.05, 0.1) is 0 Å². The summed E-state index contributed by atoms with van der Waals surface area (Å²) in [5.41, 5.74) is -0.539. The zero-order valence-corrected chi connectivity index (χ0v) is 14.8. The van der Waals surface area contributed by atoms with Gasteiger partial charge in [-0.15, -0.1) is 13.2 Å². The lowest BCUT2D eigenvalue weighted by Crippen LogP contribution is -2.26. The summed E-state index contributed by atoms with van der Waals surface area (Å²) in [6.07, 6.45) is -5.16. The number of nitrogens with one attached hydrogen (secondary N) is 1. The van der Waals surface area contributed by atoms with E-state index in [1.807, 2.05) is 0 Å². The molecule has 0 spiro atoms. The molecular weight excluding hydrogens is 456 g/mol. The summed E-state index contributed by atoms with van der Waals surface area (Å²) in [7, 11) is -4.60. The van der Waals surface area contributed by atoms with Crippen LogP contribution < -0.4 is 9.46 Å². The van der Waals surface area contributed by atoms with E-state index in [4.69, 9.17) is 0 Å². The zero-order valence-electron chi connectivity index (χ0n) is 12.4. The monoisotopic (exact) mass is 463 g/mol. The van der Waals surface area contributed by atoms with Crippen molar-refractivity contribution in [2.24, 2.45) is 0 Å². The average molecular weight is 464 g/mol. The normalized spacial score (nSPS) is 12.3. The fourth-order valence-corrected chi connectivity index (χ4v) is 3.32. The standard InChI is InChI=1S/C14H8BrF6NO3S/c15-8-2-4-11(10(5-8)25-14(19,20)21)26(23,24)22-6-7-1-3-9(16)13(18)12(7)17/h1-5,22H,6H2. The van der Waals surface area contributed by atoms with Gasteiger partial charge in [0.1, 0.15) is 4.90 Å². The second kappa shape index (κ2) is 7.45. The molecule has 0 saturated carbocycles. The van der Waals surface area contributed by atoms with Crippen LogP contribution in [0.4, 0.5) is 26.3 Å². The Balaban J connectivity index is 2.32. The van der Waals surface area contributed by atoms with Crippen molar-refractivity contribution in [3.8, 4) is 5.75 Å². The van der Waals surface area contributed by atoms with Crippen molar-refractivity contribution in [1.82, 2.24) is 4.72 Å². The van der Waals surface area contributed by atoms with E-state index in [0.717, 1.165) is 24.3 Å². The third-order valence-electron chi connectivity index (χ3n) is 2.99. The number of halogens is 7. The largest absolute Gasteiger partial charge is 0.573 e. The fourth-order valence-electron chi connectivity index (χ4n) is 1.86. The van der Waals surface area contributed by atoms with E-state index in [-0.39, 0.29) is 4.47 Å². The minimum atomic E-state index is -5.16. The predicted octanol–water partition coefficient (Wildman–Crippen LogP) is 4.24. The van der Waals surface area contributed by atoms with Crippen molar-refractivity contribution in [1.29, 1.82) is 0 Å². The molecule has 0 aromatic heterocycles. The molecule has 26 heavy (non-hydrogen) atoms. The number of benzene rings is 2. The summed E-state index contributed by atoms with van der Waals surface area (Å²) in [6, 6.07) is 4.13. The van der Waals surface area contributed by atoms with Crippen molar-refractivity contribution in [2.45, 2.75) is 17.8 Å². The van der Waals surface area contributed by atoms with E-state index >= 15 is 0 Å². The molecule has 0 aliphatic rings. The molecular formula is C14H8BrF6NO3S. The molecule has 12 heteroatoms. The average Bonchev–Trinajstić information content (AvgIpc) is 2.50. The minimum absolute atomic E-state index is 0.113. The van der Waals surface area contributed by atoms with Gasteiger partial charge in [0.25, 0.3) is 0 Å². The van der Waals surface area contributed by atoms with Crippen LogP contribution in [-0.2, 0) is 16.6 Å². The van der Waals surface area contributed by atoms with Gasteiger partial charge < -0.3 is 4.74 Å². The highest BCUT2D eigenvalue weighted by Crippen LogP contribution is 2.32. The van der Waals surface area contributed by atoms with E-state index in [1.165, 1.54) is 0 Å². The second-order valence-electron chi connectivity index (χ2n) is 4.80. The maximum Gasteiger partial charge on any atom is 0.573 e. The smallest absolute Gasteiger partial charge is 0.404 e. The van der Waals surface area contributed by atoms with E-state index in [9.17, 15) is 34.8 Å². The lowest BCUT2D eigenvalue weighted by molar-refractivity contribution is -0.275. The molecule has 0 saturated heterocycles. The first-order chi connectivity index (χ1) is 11.9. The molecule has 0 heterocycles. The number of alkyl halides is 3. The SMILES string of the molecule is O=S(=O)(NCc1ccc(F)c(F)c1F)c1ccc(Br)cc1OC(F)(F)F. The molecule has 0 fully saturated rings. The molecule has 2 aromatic carbocycles. The highest BCUT2D eigenvalue weighted by molar-refractivity contribution is 9.10. The minimum Gasteiger partial charge on any atom is -0.404 e.